The molecule has 1 aromatic carbocycles. The van der Waals surface area contributed by atoms with Gasteiger partial charge in [-0.3, -0.25) is 9.48 Å². The summed E-state index contributed by atoms with van der Waals surface area (Å²) >= 11 is 3.13. The largest absolute Gasteiger partial charge is 0.350 e. The summed E-state index contributed by atoms with van der Waals surface area (Å²) in [5, 5.41) is 10.5. The Morgan fingerprint density at radius 3 is 2.79 bits per heavy atom. The number of nitrogens with zero attached hydrogens (tertiary/aromatic N) is 2. The molecule has 1 aliphatic rings. The lowest BCUT2D eigenvalue weighted by atomic mass is 9.87. The van der Waals surface area contributed by atoms with Crippen LogP contribution >= 0.6 is 28.3 Å². The Morgan fingerprint density at radius 2 is 2.17 bits per heavy atom. The highest BCUT2D eigenvalue weighted by Gasteiger charge is 2.41. The molecular weight excluding hydrogens is 399 g/mol. The first-order chi connectivity index (χ1) is 11.1. The fourth-order valence-corrected chi connectivity index (χ4v) is 3.17. The Labute approximate surface area is 154 Å². The van der Waals surface area contributed by atoms with Crippen LogP contribution in [0.25, 0.3) is 0 Å². The van der Waals surface area contributed by atoms with Crippen molar-refractivity contribution in [3.63, 3.8) is 0 Å². The van der Waals surface area contributed by atoms with Gasteiger partial charge in [0.1, 0.15) is 11.4 Å². The first-order valence-electron chi connectivity index (χ1n) is 7.55. The van der Waals surface area contributed by atoms with E-state index < -0.39 is 5.54 Å². The Morgan fingerprint density at radius 1 is 1.42 bits per heavy atom. The minimum absolute atomic E-state index is 0. The predicted octanol–water partition coefficient (Wildman–Crippen LogP) is 2.60. The van der Waals surface area contributed by atoms with E-state index in [1.54, 1.807) is 23.0 Å². The van der Waals surface area contributed by atoms with Crippen molar-refractivity contribution in [3.05, 3.63) is 52.5 Å². The predicted molar refractivity (Wildman–Crippen MR) is 95.5 cm³/mol. The number of rotatable bonds is 4. The summed E-state index contributed by atoms with van der Waals surface area (Å²) in [5.74, 6) is -0.411. The molecule has 0 bridgehead atoms. The van der Waals surface area contributed by atoms with Crippen LogP contribution in [0.2, 0.25) is 0 Å². The summed E-state index contributed by atoms with van der Waals surface area (Å²) in [6.45, 7) is 1.82. The third kappa shape index (κ3) is 3.79. The van der Waals surface area contributed by atoms with Gasteiger partial charge in [0.15, 0.2) is 0 Å². The Balaban J connectivity index is 0.00000208. The number of hydrogen-bond acceptors (Lipinski definition) is 3. The van der Waals surface area contributed by atoms with E-state index in [0.717, 1.165) is 18.7 Å². The van der Waals surface area contributed by atoms with Gasteiger partial charge in [-0.15, -0.1) is 12.4 Å². The standard InChI is InChI=1S/C16H18BrFN4O.ClH/c17-13-3-2-12(10-14(13)18)11-20-15(23)16(4-7-19-8-5-16)22-9-1-6-21-22;/h1-3,6,9-10,19H,4-5,7-8,11H2,(H,20,23);1H. The Bertz CT molecular complexity index is 689. The number of aromatic nitrogens is 2. The van der Waals surface area contributed by atoms with E-state index in [4.69, 9.17) is 0 Å². The average Bonchev–Trinajstić information content (AvgIpc) is 3.11. The molecule has 8 heteroatoms. The van der Waals surface area contributed by atoms with Gasteiger partial charge in [0.2, 0.25) is 5.91 Å². The lowest BCUT2D eigenvalue weighted by Crippen LogP contribution is -2.54. The monoisotopic (exact) mass is 416 g/mol. The van der Waals surface area contributed by atoms with Crippen LogP contribution in [0.1, 0.15) is 18.4 Å². The second-order valence-electron chi connectivity index (χ2n) is 5.66. The van der Waals surface area contributed by atoms with E-state index >= 15 is 0 Å². The van der Waals surface area contributed by atoms with Crippen molar-refractivity contribution >= 4 is 34.2 Å². The summed E-state index contributed by atoms with van der Waals surface area (Å²) in [6, 6.07) is 6.68. The smallest absolute Gasteiger partial charge is 0.248 e. The van der Waals surface area contributed by atoms with Gasteiger partial charge in [-0.1, -0.05) is 6.07 Å². The summed E-state index contributed by atoms with van der Waals surface area (Å²) < 4.78 is 15.7. The summed E-state index contributed by atoms with van der Waals surface area (Å²) in [4.78, 5) is 12.8. The van der Waals surface area contributed by atoms with Crippen molar-refractivity contribution in [3.8, 4) is 0 Å². The van der Waals surface area contributed by atoms with Crippen LogP contribution in [0, 0.1) is 5.82 Å². The molecule has 0 saturated carbocycles. The van der Waals surface area contributed by atoms with Gasteiger partial charge in [-0.05, 0) is 65.6 Å². The molecule has 1 aliphatic heterocycles. The number of piperidine rings is 1. The van der Waals surface area contributed by atoms with E-state index in [1.807, 2.05) is 12.3 Å². The third-order valence-corrected chi connectivity index (χ3v) is 4.88. The van der Waals surface area contributed by atoms with E-state index in [1.165, 1.54) is 6.07 Å². The minimum atomic E-state index is -0.678. The van der Waals surface area contributed by atoms with Crippen molar-refractivity contribution in [2.45, 2.75) is 24.9 Å². The maximum atomic E-state index is 13.6. The van der Waals surface area contributed by atoms with Gasteiger partial charge < -0.3 is 10.6 Å². The number of nitrogens with one attached hydrogen (secondary N) is 2. The van der Waals surface area contributed by atoms with Crippen LogP contribution in [0.5, 0.6) is 0 Å². The molecule has 0 aliphatic carbocycles. The van der Waals surface area contributed by atoms with Crippen molar-refractivity contribution in [2.75, 3.05) is 13.1 Å². The zero-order valence-electron chi connectivity index (χ0n) is 13.0. The van der Waals surface area contributed by atoms with Crippen LogP contribution in [-0.4, -0.2) is 28.8 Å². The lowest BCUT2D eigenvalue weighted by molar-refractivity contribution is -0.132. The number of benzene rings is 1. The maximum absolute atomic E-state index is 13.6. The fourth-order valence-electron chi connectivity index (χ4n) is 2.92. The molecular formula is C16H19BrClFN4O. The highest BCUT2D eigenvalue weighted by molar-refractivity contribution is 9.10. The molecule has 1 fully saturated rings. The molecule has 24 heavy (non-hydrogen) atoms. The lowest BCUT2D eigenvalue weighted by Gasteiger charge is -2.36. The number of hydrogen-bond donors (Lipinski definition) is 2. The first-order valence-corrected chi connectivity index (χ1v) is 8.34. The normalized spacial score (nSPS) is 16.2. The molecule has 0 spiro atoms. The van der Waals surface area contributed by atoms with Crippen molar-refractivity contribution in [1.29, 1.82) is 0 Å². The molecule has 1 saturated heterocycles. The fraction of sp³-hybridized carbons (Fsp3) is 0.375. The summed E-state index contributed by atoms with van der Waals surface area (Å²) in [6.07, 6.45) is 4.86. The van der Waals surface area contributed by atoms with Crippen LogP contribution in [0.15, 0.2) is 41.1 Å². The molecule has 2 N–H and O–H groups in total. The zero-order chi connectivity index (χ0) is 16.3. The average molecular weight is 418 g/mol. The molecule has 0 unspecified atom stereocenters. The second-order valence-corrected chi connectivity index (χ2v) is 6.52. The van der Waals surface area contributed by atoms with E-state index in [-0.39, 0.29) is 24.1 Å². The van der Waals surface area contributed by atoms with Crippen molar-refractivity contribution < 1.29 is 9.18 Å². The number of halogens is 3. The van der Waals surface area contributed by atoms with Gasteiger partial charge in [0.05, 0.1) is 4.47 Å². The first kappa shape index (κ1) is 18.9. The number of carbonyl (C=O) groups is 1. The number of carbonyl (C=O) groups excluding carboxylic acids is 1. The summed E-state index contributed by atoms with van der Waals surface area (Å²) in [5.41, 5.74) is 0.0476. The molecule has 5 nitrogen and oxygen atoms in total. The molecule has 1 aromatic heterocycles. The molecule has 2 aromatic rings. The Hall–Kier alpha value is -1.44. The van der Waals surface area contributed by atoms with Gasteiger partial charge in [0.25, 0.3) is 0 Å². The summed E-state index contributed by atoms with van der Waals surface area (Å²) in [7, 11) is 0. The topological polar surface area (TPSA) is 59.0 Å². The van der Waals surface area contributed by atoms with Crippen LogP contribution < -0.4 is 10.6 Å². The zero-order valence-corrected chi connectivity index (χ0v) is 15.4. The van der Waals surface area contributed by atoms with Crippen molar-refractivity contribution in [1.82, 2.24) is 20.4 Å². The van der Waals surface area contributed by atoms with Crippen LogP contribution in [-0.2, 0) is 16.9 Å². The molecule has 0 radical (unpaired) electrons. The van der Waals surface area contributed by atoms with Gasteiger partial charge in [-0.25, -0.2) is 4.39 Å². The maximum Gasteiger partial charge on any atom is 0.248 e. The molecule has 2 heterocycles. The van der Waals surface area contributed by atoms with Gasteiger partial charge in [0, 0.05) is 18.9 Å². The quantitative estimate of drug-likeness (QED) is 0.804. The second kappa shape index (κ2) is 8.09. The van der Waals surface area contributed by atoms with E-state index in [0.29, 0.717) is 23.9 Å². The van der Waals surface area contributed by atoms with E-state index in [2.05, 4.69) is 31.7 Å². The molecule has 1 amide bonds. The van der Waals surface area contributed by atoms with Crippen LogP contribution in [0.4, 0.5) is 4.39 Å². The molecule has 3 rings (SSSR count). The highest BCUT2D eigenvalue weighted by Crippen LogP contribution is 2.27. The van der Waals surface area contributed by atoms with Crippen LogP contribution in [0.3, 0.4) is 0 Å². The minimum Gasteiger partial charge on any atom is -0.350 e. The molecule has 130 valence electrons. The SMILES string of the molecule is Cl.O=C(NCc1ccc(Br)c(F)c1)C1(n2cccn2)CCNCC1. The van der Waals surface area contributed by atoms with Gasteiger partial charge in [-0.2, -0.15) is 5.10 Å². The number of amides is 1. The third-order valence-electron chi connectivity index (χ3n) is 4.23. The van der Waals surface area contributed by atoms with Crippen molar-refractivity contribution in [2.24, 2.45) is 0 Å². The molecule has 0 atom stereocenters. The van der Waals surface area contributed by atoms with E-state index in [9.17, 15) is 9.18 Å². The Kier molecular flexibility index (Phi) is 6.37. The van der Waals surface area contributed by atoms with Gasteiger partial charge >= 0.3 is 0 Å². The highest BCUT2D eigenvalue weighted by atomic mass is 79.9.